The molecule has 22 heavy (non-hydrogen) atoms. The number of benzene rings is 1. The van der Waals surface area contributed by atoms with Gasteiger partial charge in [-0.05, 0) is 42.9 Å². The lowest BCUT2D eigenvalue weighted by atomic mass is 9.85. The Hall–Kier alpha value is -2.05. The van der Waals surface area contributed by atoms with Crippen LogP contribution >= 0.6 is 0 Å². The summed E-state index contributed by atoms with van der Waals surface area (Å²) in [5.74, 6) is -3.60. The molecule has 0 spiro atoms. The van der Waals surface area contributed by atoms with Gasteiger partial charge in [0.05, 0.1) is 12.0 Å². The smallest absolute Gasteiger partial charge is 0.471 e. The number of rotatable bonds is 3. The van der Waals surface area contributed by atoms with Crippen molar-refractivity contribution in [2.45, 2.75) is 44.3 Å². The van der Waals surface area contributed by atoms with Gasteiger partial charge in [0.1, 0.15) is 0 Å². The number of fused-ring (bicyclic) bond motifs is 1. The number of aryl methyl sites for hydroxylation is 1. The molecular formula is C15H16F3NO3. The minimum Gasteiger partial charge on any atom is -0.481 e. The van der Waals surface area contributed by atoms with Crippen molar-refractivity contribution in [3.05, 3.63) is 34.9 Å². The van der Waals surface area contributed by atoms with E-state index in [2.05, 4.69) is 0 Å². The minimum atomic E-state index is -4.91. The molecule has 1 aliphatic rings. The molecule has 0 fully saturated rings. The third-order valence-corrected chi connectivity index (χ3v) is 3.91. The summed E-state index contributed by atoms with van der Waals surface area (Å²) in [5, 5.41) is 11.0. The molecule has 0 saturated carbocycles. The van der Waals surface area contributed by atoms with Crippen molar-refractivity contribution in [3.8, 4) is 0 Å². The number of hydrogen-bond acceptors (Lipinski definition) is 2. The highest BCUT2D eigenvalue weighted by atomic mass is 19.4. The first kappa shape index (κ1) is 16.3. The molecule has 0 saturated heterocycles. The van der Waals surface area contributed by atoms with Gasteiger partial charge >= 0.3 is 18.1 Å². The predicted molar refractivity (Wildman–Crippen MR) is 72.4 cm³/mol. The van der Waals surface area contributed by atoms with E-state index in [9.17, 15) is 22.8 Å². The third-order valence-electron chi connectivity index (χ3n) is 3.91. The zero-order valence-electron chi connectivity index (χ0n) is 11.9. The number of amides is 1. The Balaban J connectivity index is 2.25. The van der Waals surface area contributed by atoms with Crippen LogP contribution in [-0.2, 0) is 16.0 Å². The first-order valence-electron chi connectivity index (χ1n) is 6.93. The van der Waals surface area contributed by atoms with Crippen LogP contribution in [0.25, 0.3) is 0 Å². The molecule has 0 aromatic heterocycles. The zero-order chi connectivity index (χ0) is 16.5. The Morgan fingerprint density at radius 1 is 1.36 bits per heavy atom. The molecule has 1 amide bonds. The van der Waals surface area contributed by atoms with Crippen LogP contribution in [-0.4, -0.2) is 23.2 Å². The standard InChI is InChI=1S/C15H16F3NO3/c1-8(13(20)21)9-5-6-11-10(7-9)3-2-4-12(11)19-14(22)15(16,17)18/h5-8,12H,2-4H2,1H3,(H,19,22)(H,20,21)/t8?,12-/m1/s1. The van der Waals surface area contributed by atoms with Crippen LogP contribution in [0.4, 0.5) is 13.2 Å². The number of carboxylic acids is 1. The predicted octanol–water partition coefficient (Wildman–Crippen LogP) is 2.93. The van der Waals surface area contributed by atoms with E-state index in [0.29, 0.717) is 30.4 Å². The summed E-state index contributed by atoms with van der Waals surface area (Å²) < 4.78 is 37.1. The van der Waals surface area contributed by atoms with E-state index in [-0.39, 0.29) is 0 Å². The second-order valence-corrected chi connectivity index (χ2v) is 5.43. The quantitative estimate of drug-likeness (QED) is 0.901. The van der Waals surface area contributed by atoms with Crippen molar-refractivity contribution in [1.82, 2.24) is 5.32 Å². The molecule has 2 N–H and O–H groups in total. The maximum Gasteiger partial charge on any atom is 0.471 e. The molecule has 2 rings (SSSR count). The fourth-order valence-corrected chi connectivity index (χ4v) is 2.64. The molecule has 1 aliphatic carbocycles. The summed E-state index contributed by atoms with van der Waals surface area (Å²) >= 11 is 0. The fourth-order valence-electron chi connectivity index (χ4n) is 2.64. The largest absolute Gasteiger partial charge is 0.481 e. The molecule has 0 bridgehead atoms. The van der Waals surface area contributed by atoms with Gasteiger partial charge in [0.2, 0.25) is 0 Å². The Labute approximate surface area is 125 Å². The van der Waals surface area contributed by atoms with E-state index in [0.717, 1.165) is 5.56 Å². The Morgan fingerprint density at radius 3 is 2.64 bits per heavy atom. The maximum absolute atomic E-state index is 12.4. The van der Waals surface area contributed by atoms with E-state index in [4.69, 9.17) is 5.11 Å². The van der Waals surface area contributed by atoms with Crippen molar-refractivity contribution in [1.29, 1.82) is 0 Å². The molecular weight excluding hydrogens is 299 g/mol. The highest BCUT2D eigenvalue weighted by molar-refractivity contribution is 5.82. The first-order chi connectivity index (χ1) is 10.2. The van der Waals surface area contributed by atoms with Crippen LogP contribution in [0, 0.1) is 0 Å². The minimum absolute atomic E-state index is 0.433. The van der Waals surface area contributed by atoms with Crippen molar-refractivity contribution < 1.29 is 27.9 Å². The number of alkyl halides is 3. The van der Waals surface area contributed by atoms with Crippen molar-refractivity contribution in [2.24, 2.45) is 0 Å². The van der Waals surface area contributed by atoms with Gasteiger partial charge in [-0.15, -0.1) is 0 Å². The first-order valence-corrected chi connectivity index (χ1v) is 6.93. The molecule has 120 valence electrons. The molecule has 2 atom stereocenters. The van der Waals surface area contributed by atoms with E-state index >= 15 is 0 Å². The van der Waals surface area contributed by atoms with Crippen LogP contribution in [0.1, 0.15) is 48.4 Å². The zero-order valence-corrected chi connectivity index (χ0v) is 11.9. The third kappa shape index (κ3) is 3.40. The van der Waals surface area contributed by atoms with Crippen LogP contribution in [0.3, 0.4) is 0 Å². The van der Waals surface area contributed by atoms with Crippen molar-refractivity contribution in [3.63, 3.8) is 0 Å². The number of carboxylic acid groups (broad SMARTS) is 1. The summed E-state index contributed by atoms with van der Waals surface area (Å²) in [4.78, 5) is 22.1. The van der Waals surface area contributed by atoms with E-state index < -0.39 is 30.0 Å². The van der Waals surface area contributed by atoms with Gasteiger partial charge in [-0.2, -0.15) is 13.2 Å². The topological polar surface area (TPSA) is 66.4 Å². The lowest BCUT2D eigenvalue weighted by molar-refractivity contribution is -0.174. The molecule has 1 unspecified atom stereocenters. The monoisotopic (exact) mass is 315 g/mol. The number of hydrogen-bond donors (Lipinski definition) is 2. The van der Waals surface area contributed by atoms with E-state index in [1.807, 2.05) is 5.32 Å². The molecule has 1 aromatic rings. The highest BCUT2D eigenvalue weighted by Crippen LogP contribution is 2.32. The molecule has 4 nitrogen and oxygen atoms in total. The van der Waals surface area contributed by atoms with Gasteiger partial charge in [0.25, 0.3) is 0 Å². The number of nitrogens with one attached hydrogen (secondary N) is 1. The Kier molecular flexibility index (Phi) is 4.44. The van der Waals surface area contributed by atoms with Crippen molar-refractivity contribution >= 4 is 11.9 Å². The molecule has 0 heterocycles. The summed E-state index contributed by atoms with van der Waals surface area (Å²) in [5.41, 5.74) is 2.03. The van der Waals surface area contributed by atoms with Gasteiger partial charge in [-0.1, -0.05) is 18.2 Å². The van der Waals surface area contributed by atoms with Gasteiger partial charge in [-0.25, -0.2) is 0 Å². The van der Waals surface area contributed by atoms with Crippen LogP contribution in [0.2, 0.25) is 0 Å². The van der Waals surface area contributed by atoms with Crippen LogP contribution < -0.4 is 5.32 Å². The summed E-state index contributed by atoms with van der Waals surface area (Å²) in [6.45, 7) is 1.55. The van der Waals surface area contributed by atoms with Crippen LogP contribution in [0.5, 0.6) is 0 Å². The molecule has 0 aliphatic heterocycles. The molecule has 7 heteroatoms. The van der Waals surface area contributed by atoms with Crippen LogP contribution in [0.15, 0.2) is 18.2 Å². The summed E-state index contributed by atoms with van der Waals surface area (Å²) in [6, 6.07) is 4.23. The average molecular weight is 315 g/mol. The van der Waals surface area contributed by atoms with E-state index in [1.165, 1.54) is 0 Å². The summed E-state index contributed by atoms with van der Waals surface area (Å²) in [7, 11) is 0. The van der Waals surface area contributed by atoms with Gasteiger partial charge < -0.3 is 10.4 Å². The number of halogens is 3. The van der Waals surface area contributed by atoms with Gasteiger partial charge in [-0.3, -0.25) is 9.59 Å². The molecule has 0 radical (unpaired) electrons. The SMILES string of the molecule is CC(C(=O)O)c1ccc2c(c1)CCC[C@H]2NC(=O)C(F)(F)F. The van der Waals surface area contributed by atoms with Gasteiger partial charge in [0.15, 0.2) is 0 Å². The highest BCUT2D eigenvalue weighted by Gasteiger charge is 2.40. The normalized spacial score (nSPS) is 19.2. The maximum atomic E-state index is 12.4. The lowest BCUT2D eigenvalue weighted by Crippen LogP contribution is -2.40. The average Bonchev–Trinajstić information content (AvgIpc) is 2.45. The fraction of sp³-hybridized carbons (Fsp3) is 0.467. The number of aliphatic carboxylic acids is 1. The second kappa shape index (κ2) is 5.98. The summed E-state index contributed by atoms with van der Waals surface area (Å²) in [6.07, 6.45) is -3.17. The van der Waals surface area contributed by atoms with E-state index in [1.54, 1.807) is 25.1 Å². The number of carbonyl (C=O) groups excluding carboxylic acids is 1. The van der Waals surface area contributed by atoms with Crippen molar-refractivity contribution in [2.75, 3.05) is 0 Å². The Bertz CT molecular complexity index is 598. The lowest BCUT2D eigenvalue weighted by Gasteiger charge is -2.27. The Morgan fingerprint density at radius 2 is 2.05 bits per heavy atom. The molecule has 1 aromatic carbocycles. The number of carbonyl (C=O) groups is 2. The van der Waals surface area contributed by atoms with Gasteiger partial charge in [0, 0.05) is 0 Å². The second-order valence-electron chi connectivity index (χ2n) is 5.43.